The number of nitriles is 1. The molecule has 0 saturated heterocycles. The zero-order valence-corrected chi connectivity index (χ0v) is 10.9. The van der Waals surface area contributed by atoms with Crippen molar-refractivity contribution in [3.05, 3.63) is 58.9 Å². The van der Waals surface area contributed by atoms with Gasteiger partial charge in [-0.25, -0.2) is 4.68 Å². The van der Waals surface area contributed by atoms with E-state index in [9.17, 15) is 0 Å². The van der Waals surface area contributed by atoms with Crippen LogP contribution in [-0.4, -0.2) is 15.0 Å². The number of rotatable bonds is 4. The van der Waals surface area contributed by atoms with E-state index in [0.717, 1.165) is 5.56 Å². The second-order valence-corrected chi connectivity index (χ2v) is 4.23. The molecule has 0 radical (unpaired) electrons. The Morgan fingerprint density at radius 1 is 1.32 bits per heavy atom. The van der Waals surface area contributed by atoms with Gasteiger partial charge in [-0.05, 0) is 23.8 Å². The molecule has 1 aromatic heterocycles. The van der Waals surface area contributed by atoms with Gasteiger partial charge in [-0.3, -0.25) is 0 Å². The van der Waals surface area contributed by atoms with E-state index in [1.807, 2.05) is 42.5 Å². The Kier molecular flexibility index (Phi) is 4.11. The fourth-order valence-corrected chi connectivity index (χ4v) is 1.70. The minimum atomic E-state index is 0.298. The van der Waals surface area contributed by atoms with Crippen LogP contribution in [0, 0.1) is 11.3 Å². The highest BCUT2D eigenvalue weighted by Crippen LogP contribution is 2.14. The highest BCUT2D eigenvalue weighted by atomic mass is 35.5. The molecule has 0 N–H and O–H groups in total. The zero-order chi connectivity index (χ0) is 13.7. The fraction of sp³-hybridized carbons (Fsp3) is 0.0714. The normalized spacial score (nSPS) is 10.5. The van der Waals surface area contributed by atoms with Crippen molar-refractivity contribution in [2.24, 2.45) is 0 Å². The van der Waals surface area contributed by atoms with Gasteiger partial charge in [-0.2, -0.15) is 5.26 Å². The van der Waals surface area contributed by atoms with Crippen LogP contribution in [0.4, 0.5) is 0 Å². The van der Waals surface area contributed by atoms with Gasteiger partial charge in [0.1, 0.15) is 6.07 Å². The Morgan fingerprint density at radius 3 is 2.68 bits per heavy atom. The topological polar surface area (TPSA) is 54.5 Å². The summed E-state index contributed by atoms with van der Waals surface area (Å²) in [7, 11) is 0. The van der Waals surface area contributed by atoms with Crippen molar-refractivity contribution < 1.29 is 0 Å². The van der Waals surface area contributed by atoms with Crippen molar-refractivity contribution in [2.75, 3.05) is 0 Å². The smallest absolute Gasteiger partial charge is 0.190 e. The average Bonchev–Trinajstić information content (AvgIpc) is 2.81. The van der Waals surface area contributed by atoms with Crippen LogP contribution in [0.15, 0.2) is 36.9 Å². The molecule has 19 heavy (non-hydrogen) atoms. The van der Waals surface area contributed by atoms with Crippen LogP contribution in [0.5, 0.6) is 0 Å². The van der Waals surface area contributed by atoms with Crippen molar-refractivity contribution in [2.45, 2.75) is 6.54 Å². The summed E-state index contributed by atoms with van der Waals surface area (Å²) < 4.78 is 1.62. The second-order valence-electron chi connectivity index (χ2n) is 3.79. The van der Waals surface area contributed by atoms with E-state index in [1.54, 1.807) is 10.8 Å². The van der Waals surface area contributed by atoms with Crippen molar-refractivity contribution in [3.8, 4) is 6.07 Å². The van der Waals surface area contributed by atoms with Crippen LogP contribution in [0.2, 0.25) is 5.02 Å². The second kappa shape index (κ2) is 5.98. The summed E-state index contributed by atoms with van der Waals surface area (Å²) in [5.41, 5.74) is 1.95. The molecule has 1 aromatic carbocycles. The largest absolute Gasteiger partial charge is 0.240 e. The molecule has 0 atom stereocenters. The maximum absolute atomic E-state index is 8.99. The highest BCUT2D eigenvalue weighted by molar-refractivity contribution is 6.30. The van der Waals surface area contributed by atoms with Crippen molar-refractivity contribution in [3.63, 3.8) is 0 Å². The van der Waals surface area contributed by atoms with Crippen LogP contribution in [-0.2, 0) is 6.54 Å². The molecule has 0 spiro atoms. The standard InChI is InChI=1S/C14H11ClN4/c1-2-9-19-14(13(10-16)17-18-19)8-5-11-3-6-12(15)7-4-11/h2-8H,1,9H2/b8-5+. The van der Waals surface area contributed by atoms with E-state index in [-0.39, 0.29) is 0 Å². The molecule has 0 unspecified atom stereocenters. The molecule has 0 fully saturated rings. The summed E-state index contributed by atoms with van der Waals surface area (Å²) in [5.74, 6) is 0. The third kappa shape index (κ3) is 3.09. The van der Waals surface area contributed by atoms with Crippen LogP contribution >= 0.6 is 11.6 Å². The molecule has 1 heterocycles. The quantitative estimate of drug-likeness (QED) is 0.802. The highest BCUT2D eigenvalue weighted by Gasteiger charge is 2.08. The first-order chi connectivity index (χ1) is 9.24. The summed E-state index contributed by atoms with van der Waals surface area (Å²) in [6, 6.07) is 9.43. The van der Waals surface area contributed by atoms with Gasteiger partial charge in [0.2, 0.25) is 0 Å². The van der Waals surface area contributed by atoms with Gasteiger partial charge in [0.15, 0.2) is 5.69 Å². The van der Waals surface area contributed by atoms with Gasteiger partial charge in [-0.1, -0.05) is 41.1 Å². The lowest BCUT2D eigenvalue weighted by Crippen LogP contribution is -2.00. The SMILES string of the molecule is C=CCn1nnc(C#N)c1/C=C/c1ccc(Cl)cc1. The molecule has 0 bridgehead atoms. The summed E-state index contributed by atoms with van der Waals surface area (Å²) in [6.45, 7) is 4.16. The van der Waals surface area contributed by atoms with Crippen LogP contribution in [0.25, 0.3) is 12.2 Å². The number of benzene rings is 1. The third-order valence-electron chi connectivity index (χ3n) is 2.48. The Hall–Kier alpha value is -2.38. The van der Waals surface area contributed by atoms with E-state index in [2.05, 4.69) is 16.9 Å². The molecule has 4 nitrogen and oxygen atoms in total. The van der Waals surface area contributed by atoms with Crippen molar-refractivity contribution in [1.82, 2.24) is 15.0 Å². The number of hydrogen-bond acceptors (Lipinski definition) is 3. The predicted octanol–water partition coefficient (Wildman–Crippen LogP) is 3.16. The van der Waals surface area contributed by atoms with Crippen molar-refractivity contribution in [1.29, 1.82) is 5.26 Å². The third-order valence-corrected chi connectivity index (χ3v) is 2.74. The first kappa shape index (κ1) is 13.1. The molecule has 0 aliphatic carbocycles. The van der Waals surface area contributed by atoms with E-state index in [4.69, 9.17) is 16.9 Å². The van der Waals surface area contributed by atoms with Crippen LogP contribution < -0.4 is 0 Å². The Bertz CT molecular complexity index is 647. The molecule has 0 saturated carbocycles. The Labute approximate surface area is 116 Å². The molecule has 0 amide bonds. The van der Waals surface area contributed by atoms with E-state index < -0.39 is 0 Å². The molecule has 5 heteroatoms. The van der Waals surface area contributed by atoms with Crippen LogP contribution in [0.1, 0.15) is 17.0 Å². The molecule has 94 valence electrons. The summed E-state index contributed by atoms with van der Waals surface area (Å²) >= 11 is 5.82. The van der Waals surface area contributed by atoms with Crippen molar-refractivity contribution >= 4 is 23.8 Å². The first-order valence-corrected chi connectivity index (χ1v) is 6.00. The molecule has 2 rings (SSSR count). The minimum Gasteiger partial charge on any atom is -0.240 e. The maximum Gasteiger partial charge on any atom is 0.190 e. The first-order valence-electron chi connectivity index (χ1n) is 5.62. The molecule has 0 aliphatic rings. The number of aromatic nitrogens is 3. The van der Waals surface area contributed by atoms with Gasteiger partial charge in [0, 0.05) is 5.02 Å². The maximum atomic E-state index is 8.99. The van der Waals surface area contributed by atoms with Crippen LogP contribution in [0.3, 0.4) is 0 Å². The fourth-order valence-electron chi connectivity index (χ4n) is 1.57. The Morgan fingerprint density at radius 2 is 2.05 bits per heavy atom. The number of hydrogen-bond donors (Lipinski definition) is 0. The number of halogens is 1. The predicted molar refractivity (Wildman–Crippen MR) is 75.3 cm³/mol. The van der Waals surface area contributed by atoms with Gasteiger partial charge in [-0.15, -0.1) is 11.7 Å². The number of nitrogens with zero attached hydrogens (tertiary/aromatic N) is 4. The van der Waals surface area contributed by atoms with Gasteiger partial charge in [0.25, 0.3) is 0 Å². The van der Waals surface area contributed by atoms with Gasteiger partial charge in [0.05, 0.1) is 12.2 Å². The molecule has 0 aliphatic heterocycles. The summed E-state index contributed by atoms with van der Waals surface area (Å²) in [5, 5.41) is 17.4. The van der Waals surface area contributed by atoms with Gasteiger partial charge < -0.3 is 0 Å². The number of allylic oxidation sites excluding steroid dienone is 1. The lowest BCUT2D eigenvalue weighted by molar-refractivity contribution is 0.657. The zero-order valence-electron chi connectivity index (χ0n) is 10.1. The van der Waals surface area contributed by atoms with E-state index in [0.29, 0.717) is 23.0 Å². The van der Waals surface area contributed by atoms with E-state index >= 15 is 0 Å². The monoisotopic (exact) mass is 270 g/mol. The Balaban J connectivity index is 2.31. The summed E-state index contributed by atoms with van der Waals surface area (Å²) in [6.07, 6.45) is 5.40. The summed E-state index contributed by atoms with van der Waals surface area (Å²) in [4.78, 5) is 0. The van der Waals surface area contributed by atoms with E-state index in [1.165, 1.54) is 0 Å². The average molecular weight is 271 g/mol. The lowest BCUT2D eigenvalue weighted by atomic mass is 10.2. The molecule has 2 aromatic rings. The minimum absolute atomic E-state index is 0.298. The molecular weight excluding hydrogens is 260 g/mol. The molecular formula is C14H11ClN4. The lowest BCUT2D eigenvalue weighted by Gasteiger charge is -1.98. The van der Waals surface area contributed by atoms with Gasteiger partial charge >= 0.3 is 0 Å².